The van der Waals surface area contributed by atoms with E-state index in [1.165, 1.54) is 12.3 Å². The number of carbonyl (C=O) groups is 1. The highest BCUT2D eigenvalue weighted by molar-refractivity contribution is 6.42. The topological polar surface area (TPSA) is 92.9 Å². The third kappa shape index (κ3) is 3.83. The molecule has 2 amide bonds. The van der Waals surface area contributed by atoms with Gasteiger partial charge < -0.3 is 9.84 Å². The summed E-state index contributed by atoms with van der Waals surface area (Å²) in [6.45, 7) is 5.17. The van der Waals surface area contributed by atoms with Crippen LogP contribution in [0.1, 0.15) is 25.6 Å². The quantitative estimate of drug-likeness (QED) is 0.902. The largest absolute Gasteiger partial charge is 0.337 e. The molecule has 0 unspecified atom stereocenters. The van der Waals surface area contributed by atoms with Gasteiger partial charge in [-0.15, -0.1) is 0 Å². The van der Waals surface area contributed by atoms with Gasteiger partial charge >= 0.3 is 6.03 Å². The molecule has 9 heteroatoms. The highest BCUT2D eigenvalue weighted by Crippen LogP contribution is 2.23. The molecule has 2 N–H and O–H groups in total. The molecule has 2 aromatic heterocycles. The molecule has 0 atom stereocenters. The van der Waals surface area contributed by atoms with Crippen molar-refractivity contribution in [2.75, 3.05) is 5.32 Å². The highest BCUT2D eigenvalue weighted by Gasteiger charge is 2.29. The zero-order valence-corrected chi connectivity index (χ0v) is 13.1. The molecule has 0 spiro atoms. The van der Waals surface area contributed by atoms with Gasteiger partial charge in [0.1, 0.15) is 11.4 Å². The van der Waals surface area contributed by atoms with E-state index in [4.69, 9.17) is 27.7 Å². The van der Waals surface area contributed by atoms with E-state index in [9.17, 15) is 4.79 Å². The van der Waals surface area contributed by atoms with Crippen LogP contribution < -0.4 is 10.6 Å². The Morgan fingerprint density at radius 1 is 1.33 bits per heavy atom. The smallest absolute Gasteiger partial charge is 0.321 e. The van der Waals surface area contributed by atoms with Crippen LogP contribution in [0.25, 0.3) is 0 Å². The molecule has 0 aliphatic rings. The van der Waals surface area contributed by atoms with Crippen molar-refractivity contribution in [1.29, 1.82) is 0 Å². The minimum atomic E-state index is -0.832. The van der Waals surface area contributed by atoms with E-state index >= 15 is 0 Å². The summed E-state index contributed by atoms with van der Waals surface area (Å²) in [6, 6.07) is 0.967. The first-order valence-electron chi connectivity index (χ1n) is 5.99. The standard InChI is InChI=1S/C12H13Cl2N5O2/c1-6-16-10(21-19-6)12(2,3)18-11(20)17-9-4-7(13)8(14)5-15-9/h4-5H,1-3H3,(H2,15,17,18,20). The van der Waals surface area contributed by atoms with Gasteiger partial charge in [-0.05, 0) is 20.8 Å². The molecule has 21 heavy (non-hydrogen) atoms. The van der Waals surface area contributed by atoms with Gasteiger partial charge in [0.05, 0.1) is 10.0 Å². The second-order valence-corrected chi connectivity index (χ2v) is 5.65. The molecule has 0 bridgehead atoms. The number of halogens is 2. The summed E-state index contributed by atoms with van der Waals surface area (Å²) in [6.07, 6.45) is 1.35. The third-order valence-electron chi connectivity index (χ3n) is 2.54. The minimum Gasteiger partial charge on any atom is -0.337 e. The summed E-state index contributed by atoms with van der Waals surface area (Å²) in [5.74, 6) is 1.07. The van der Waals surface area contributed by atoms with Gasteiger partial charge in [0.2, 0.25) is 0 Å². The number of carbonyl (C=O) groups excluding carboxylic acids is 1. The number of pyridine rings is 1. The Labute approximate surface area is 131 Å². The number of anilines is 1. The van der Waals surface area contributed by atoms with Crippen LogP contribution in [0.2, 0.25) is 10.0 Å². The van der Waals surface area contributed by atoms with Crippen molar-refractivity contribution in [1.82, 2.24) is 20.4 Å². The molecule has 0 aromatic carbocycles. The molecule has 0 aliphatic carbocycles. The molecule has 2 rings (SSSR count). The summed E-state index contributed by atoms with van der Waals surface area (Å²) in [7, 11) is 0. The lowest BCUT2D eigenvalue weighted by atomic mass is 10.1. The van der Waals surface area contributed by atoms with Crippen molar-refractivity contribution < 1.29 is 9.32 Å². The Morgan fingerprint density at radius 3 is 2.62 bits per heavy atom. The fourth-order valence-electron chi connectivity index (χ4n) is 1.52. The normalized spacial score (nSPS) is 11.3. The number of aromatic nitrogens is 3. The predicted octanol–water partition coefficient (Wildman–Crippen LogP) is 3.14. The van der Waals surface area contributed by atoms with E-state index in [2.05, 4.69) is 25.8 Å². The molecule has 0 aliphatic heterocycles. The van der Waals surface area contributed by atoms with Gasteiger partial charge in [0.15, 0.2) is 5.82 Å². The lowest BCUT2D eigenvalue weighted by molar-refractivity contribution is 0.228. The number of aryl methyl sites for hydroxylation is 1. The fourth-order valence-corrected chi connectivity index (χ4v) is 1.77. The maximum Gasteiger partial charge on any atom is 0.321 e. The third-order valence-corrected chi connectivity index (χ3v) is 3.25. The van der Waals surface area contributed by atoms with Crippen LogP contribution in [0.3, 0.4) is 0 Å². The summed E-state index contributed by atoms with van der Waals surface area (Å²) >= 11 is 11.6. The molecule has 2 heterocycles. The van der Waals surface area contributed by atoms with E-state index in [1.54, 1.807) is 20.8 Å². The van der Waals surface area contributed by atoms with Gasteiger partial charge in [0.25, 0.3) is 5.89 Å². The zero-order chi connectivity index (χ0) is 15.6. The summed E-state index contributed by atoms with van der Waals surface area (Å²) in [5.41, 5.74) is -0.832. The van der Waals surface area contributed by atoms with E-state index in [0.717, 1.165) is 0 Å². The summed E-state index contributed by atoms with van der Waals surface area (Å²) < 4.78 is 5.06. The number of amides is 2. The molecular formula is C12H13Cl2N5O2. The molecule has 0 saturated carbocycles. The Hall–Kier alpha value is -1.86. The van der Waals surface area contributed by atoms with Crippen molar-refractivity contribution in [3.63, 3.8) is 0 Å². The van der Waals surface area contributed by atoms with E-state index in [0.29, 0.717) is 21.8 Å². The van der Waals surface area contributed by atoms with Crippen molar-refractivity contribution in [2.45, 2.75) is 26.3 Å². The Bertz CT molecular complexity index is 671. The lowest BCUT2D eigenvalue weighted by Gasteiger charge is -2.21. The van der Waals surface area contributed by atoms with Crippen LogP contribution in [-0.4, -0.2) is 21.2 Å². The molecular weight excluding hydrogens is 317 g/mol. The monoisotopic (exact) mass is 329 g/mol. The summed E-state index contributed by atoms with van der Waals surface area (Å²) in [5, 5.41) is 9.56. The first-order valence-corrected chi connectivity index (χ1v) is 6.74. The molecule has 2 aromatic rings. The van der Waals surface area contributed by atoms with Crippen LogP contribution in [0.4, 0.5) is 10.6 Å². The van der Waals surface area contributed by atoms with Gasteiger partial charge in [-0.2, -0.15) is 4.98 Å². The van der Waals surface area contributed by atoms with Crippen LogP contribution in [0.15, 0.2) is 16.8 Å². The first kappa shape index (κ1) is 15.5. The van der Waals surface area contributed by atoms with Gasteiger partial charge in [-0.3, -0.25) is 5.32 Å². The zero-order valence-electron chi connectivity index (χ0n) is 11.6. The van der Waals surface area contributed by atoms with Crippen molar-refractivity contribution in [3.05, 3.63) is 34.0 Å². The van der Waals surface area contributed by atoms with Crippen molar-refractivity contribution in [2.24, 2.45) is 0 Å². The van der Waals surface area contributed by atoms with E-state index < -0.39 is 11.6 Å². The second kappa shape index (κ2) is 5.87. The summed E-state index contributed by atoms with van der Waals surface area (Å²) in [4.78, 5) is 20.0. The lowest BCUT2D eigenvalue weighted by Crippen LogP contribution is -2.43. The maximum atomic E-state index is 12.0. The van der Waals surface area contributed by atoms with Crippen LogP contribution in [-0.2, 0) is 5.54 Å². The van der Waals surface area contributed by atoms with Crippen LogP contribution in [0.5, 0.6) is 0 Å². The van der Waals surface area contributed by atoms with Crippen molar-refractivity contribution >= 4 is 35.1 Å². The van der Waals surface area contributed by atoms with Crippen LogP contribution in [0, 0.1) is 6.92 Å². The SMILES string of the molecule is Cc1noc(C(C)(C)NC(=O)Nc2cc(Cl)c(Cl)cn2)n1. The Balaban J connectivity index is 2.05. The maximum absolute atomic E-state index is 12.0. The number of hydrogen-bond donors (Lipinski definition) is 2. The Kier molecular flexibility index (Phi) is 4.34. The van der Waals surface area contributed by atoms with Gasteiger partial charge in [0, 0.05) is 12.3 Å². The van der Waals surface area contributed by atoms with E-state index in [1.807, 2.05) is 0 Å². The number of rotatable bonds is 3. The number of hydrogen-bond acceptors (Lipinski definition) is 5. The van der Waals surface area contributed by atoms with Gasteiger partial charge in [-0.1, -0.05) is 28.4 Å². The van der Waals surface area contributed by atoms with Gasteiger partial charge in [-0.25, -0.2) is 9.78 Å². The highest BCUT2D eigenvalue weighted by atomic mass is 35.5. The molecule has 0 saturated heterocycles. The minimum absolute atomic E-state index is 0.277. The average Bonchev–Trinajstić information content (AvgIpc) is 2.81. The number of nitrogens with zero attached hydrogens (tertiary/aromatic N) is 3. The van der Waals surface area contributed by atoms with Crippen molar-refractivity contribution in [3.8, 4) is 0 Å². The van der Waals surface area contributed by atoms with E-state index in [-0.39, 0.29) is 5.82 Å². The molecule has 112 valence electrons. The second-order valence-electron chi connectivity index (χ2n) is 4.83. The number of urea groups is 1. The Morgan fingerprint density at radius 2 is 2.05 bits per heavy atom. The number of nitrogens with one attached hydrogen (secondary N) is 2. The average molecular weight is 330 g/mol. The molecule has 7 nitrogen and oxygen atoms in total. The molecule has 0 radical (unpaired) electrons. The predicted molar refractivity (Wildman–Crippen MR) is 78.5 cm³/mol. The van der Waals surface area contributed by atoms with Crippen LogP contribution >= 0.6 is 23.2 Å². The fraction of sp³-hybridized carbons (Fsp3) is 0.333. The molecule has 0 fully saturated rings. The first-order chi connectivity index (χ1) is 9.78.